The molecule has 0 aromatic carbocycles. The Morgan fingerprint density at radius 1 is 1.50 bits per heavy atom. The number of nitrogens with one attached hydrogen (secondary N) is 1. The average molecular weight is 245 g/mol. The van der Waals surface area contributed by atoms with E-state index in [1.165, 1.54) is 5.56 Å². The number of hydrogen-bond donors (Lipinski definition) is 1. The van der Waals surface area contributed by atoms with Crippen molar-refractivity contribution in [2.45, 2.75) is 44.8 Å². The quantitative estimate of drug-likeness (QED) is 0.871. The predicted molar refractivity (Wildman–Crippen MR) is 69.0 cm³/mol. The van der Waals surface area contributed by atoms with Crippen LogP contribution in [-0.4, -0.2) is 34.4 Å². The molecular formula is C14H19N3O. The second kappa shape index (κ2) is 4.69. The Morgan fingerprint density at radius 2 is 2.39 bits per heavy atom. The summed E-state index contributed by atoms with van der Waals surface area (Å²) in [6.07, 6.45) is 4.87. The van der Waals surface area contributed by atoms with E-state index in [1.807, 2.05) is 24.1 Å². The van der Waals surface area contributed by atoms with Crippen LogP contribution in [0.3, 0.4) is 0 Å². The van der Waals surface area contributed by atoms with Crippen molar-refractivity contribution in [3.63, 3.8) is 0 Å². The van der Waals surface area contributed by atoms with Crippen molar-refractivity contribution in [1.82, 2.24) is 15.2 Å². The smallest absolute Gasteiger partial charge is 0.224 e. The minimum Gasteiger partial charge on any atom is -0.338 e. The van der Waals surface area contributed by atoms with E-state index >= 15 is 0 Å². The Morgan fingerprint density at radius 3 is 3.17 bits per heavy atom. The molecule has 3 heterocycles. The van der Waals surface area contributed by atoms with Gasteiger partial charge in [-0.05, 0) is 31.4 Å². The molecule has 2 atom stereocenters. The summed E-state index contributed by atoms with van der Waals surface area (Å²) >= 11 is 0. The van der Waals surface area contributed by atoms with Crippen molar-refractivity contribution >= 4 is 5.91 Å². The molecule has 2 saturated heterocycles. The normalized spacial score (nSPS) is 26.7. The first-order chi connectivity index (χ1) is 8.74. The summed E-state index contributed by atoms with van der Waals surface area (Å²) in [6, 6.07) is 4.87. The molecule has 0 spiro atoms. The molecule has 2 fully saturated rings. The molecule has 0 aliphatic carbocycles. The van der Waals surface area contributed by atoms with E-state index in [0.29, 0.717) is 24.4 Å². The molecule has 4 heteroatoms. The van der Waals surface area contributed by atoms with Gasteiger partial charge in [-0.15, -0.1) is 0 Å². The summed E-state index contributed by atoms with van der Waals surface area (Å²) in [7, 11) is 0. The van der Waals surface area contributed by atoms with E-state index in [2.05, 4.69) is 16.4 Å². The number of amides is 1. The zero-order valence-corrected chi connectivity index (χ0v) is 10.7. The van der Waals surface area contributed by atoms with Gasteiger partial charge in [-0.2, -0.15) is 0 Å². The third-order valence-electron chi connectivity index (χ3n) is 4.02. The van der Waals surface area contributed by atoms with Crippen LogP contribution in [0.5, 0.6) is 0 Å². The van der Waals surface area contributed by atoms with Gasteiger partial charge >= 0.3 is 0 Å². The van der Waals surface area contributed by atoms with Gasteiger partial charge in [0.15, 0.2) is 0 Å². The number of hydrogen-bond acceptors (Lipinski definition) is 3. The number of nitrogens with zero attached hydrogens (tertiary/aromatic N) is 2. The molecule has 4 nitrogen and oxygen atoms in total. The lowest BCUT2D eigenvalue weighted by Gasteiger charge is -2.21. The summed E-state index contributed by atoms with van der Waals surface area (Å²) < 4.78 is 0. The van der Waals surface area contributed by atoms with Crippen LogP contribution in [0.15, 0.2) is 18.3 Å². The fourth-order valence-electron chi connectivity index (χ4n) is 3.02. The van der Waals surface area contributed by atoms with E-state index in [1.54, 1.807) is 0 Å². The predicted octanol–water partition coefficient (Wildman–Crippen LogP) is 1.24. The first-order valence-electron chi connectivity index (χ1n) is 6.68. The molecule has 0 radical (unpaired) electrons. The van der Waals surface area contributed by atoms with Gasteiger partial charge in [0.25, 0.3) is 0 Å². The van der Waals surface area contributed by atoms with Crippen LogP contribution < -0.4 is 5.32 Å². The van der Waals surface area contributed by atoms with Crippen molar-refractivity contribution in [1.29, 1.82) is 0 Å². The number of pyridine rings is 1. The van der Waals surface area contributed by atoms with Gasteiger partial charge in [0, 0.05) is 43.5 Å². The van der Waals surface area contributed by atoms with Crippen LogP contribution in [0, 0.1) is 6.92 Å². The van der Waals surface area contributed by atoms with Gasteiger partial charge in [0.1, 0.15) is 0 Å². The zero-order chi connectivity index (χ0) is 12.5. The Labute approximate surface area is 107 Å². The molecule has 0 bridgehead atoms. The first-order valence-corrected chi connectivity index (χ1v) is 6.68. The van der Waals surface area contributed by atoms with E-state index in [0.717, 1.165) is 31.6 Å². The Hall–Kier alpha value is -1.42. The Bertz CT molecular complexity index is 443. The van der Waals surface area contributed by atoms with Gasteiger partial charge in [-0.1, -0.05) is 6.07 Å². The monoisotopic (exact) mass is 245 g/mol. The van der Waals surface area contributed by atoms with Crippen molar-refractivity contribution in [2.24, 2.45) is 0 Å². The second-order valence-corrected chi connectivity index (χ2v) is 5.30. The third kappa shape index (κ3) is 2.12. The van der Waals surface area contributed by atoms with Gasteiger partial charge < -0.3 is 10.2 Å². The number of aryl methyl sites for hydroxylation is 1. The number of rotatable bonds is 3. The fraction of sp³-hybridized carbons (Fsp3) is 0.571. The van der Waals surface area contributed by atoms with Crippen LogP contribution >= 0.6 is 0 Å². The second-order valence-electron chi connectivity index (χ2n) is 5.30. The Kier molecular flexibility index (Phi) is 3.04. The van der Waals surface area contributed by atoms with Gasteiger partial charge in [-0.3, -0.25) is 9.78 Å². The van der Waals surface area contributed by atoms with Crippen molar-refractivity contribution in [3.8, 4) is 0 Å². The highest BCUT2D eigenvalue weighted by Gasteiger charge is 2.41. The highest BCUT2D eigenvalue weighted by atomic mass is 16.2. The molecule has 3 rings (SSSR count). The summed E-state index contributed by atoms with van der Waals surface area (Å²) in [6.45, 7) is 3.74. The van der Waals surface area contributed by atoms with E-state index in [4.69, 9.17) is 0 Å². The summed E-state index contributed by atoms with van der Waals surface area (Å²) in [5, 5.41) is 3.52. The van der Waals surface area contributed by atoms with E-state index < -0.39 is 0 Å². The summed E-state index contributed by atoms with van der Waals surface area (Å²) in [5.74, 6) is 0.317. The van der Waals surface area contributed by atoms with Crippen LogP contribution in [0.1, 0.15) is 30.5 Å². The molecule has 1 N–H and O–H groups in total. The van der Waals surface area contributed by atoms with Crippen LogP contribution in [-0.2, 0) is 11.3 Å². The molecule has 18 heavy (non-hydrogen) atoms. The third-order valence-corrected chi connectivity index (χ3v) is 4.02. The molecule has 1 aromatic rings. The standard InChI is InChI=1S/C14H19N3O/c1-10-4-5-11(8-15-10)9-16-12-7-14(18)17-6-2-3-13(12)17/h4-5,8,12-13,16H,2-3,6-7,9H2,1H3. The number of carbonyl (C=O) groups excluding carboxylic acids is 1. The van der Waals surface area contributed by atoms with Crippen molar-refractivity contribution < 1.29 is 4.79 Å². The lowest BCUT2D eigenvalue weighted by molar-refractivity contribution is -0.127. The van der Waals surface area contributed by atoms with Crippen LogP contribution in [0.25, 0.3) is 0 Å². The minimum absolute atomic E-state index is 0.317. The maximum Gasteiger partial charge on any atom is 0.224 e. The topological polar surface area (TPSA) is 45.2 Å². The Balaban J connectivity index is 1.60. The number of carbonyl (C=O) groups is 1. The molecule has 2 unspecified atom stereocenters. The number of fused-ring (bicyclic) bond motifs is 1. The van der Waals surface area contributed by atoms with Crippen LogP contribution in [0.2, 0.25) is 0 Å². The minimum atomic E-state index is 0.317. The average Bonchev–Trinajstić information content (AvgIpc) is 2.94. The van der Waals surface area contributed by atoms with Crippen molar-refractivity contribution in [3.05, 3.63) is 29.6 Å². The fourth-order valence-corrected chi connectivity index (χ4v) is 3.02. The summed E-state index contributed by atoms with van der Waals surface area (Å²) in [5.41, 5.74) is 2.22. The largest absolute Gasteiger partial charge is 0.338 e. The highest BCUT2D eigenvalue weighted by molar-refractivity contribution is 5.80. The molecule has 1 amide bonds. The first kappa shape index (κ1) is 11.7. The van der Waals surface area contributed by atoms with Crippen LogP contribution in [0.4, 0.5) is 0 Å². The molecule has 0 saturated carbocycles. The lowest BCUT2D eigenvalue weighted by Crippen LogP contribution is -2.38. The van der Waals surface area contributed by atoms with Gasteiger partial charge in [-0.25, -0.2) is 0 Å². The van der Waals surface area contributed by atoms with Crippen molar-refractivity contribution in [2.75, 3.05) is 6.54 Å². The maximum atomic E-state index is 11.8. The highest BCUT2D eigenvalue weighted by Crippen LogP contribution is 2.29. The molecule has 96 valence electrons. The molecule has 1 aromatic heterocycles. The maximum absolute atomic E-state index is 11.8. The van der Waals surface area contributed by atoms with E-state index in [-0.39, 0.29) is 0 Å². The SMILES string of the molecule is Cc1ccc(CNC2CC(=O)N3CCCC23)cn1. The molecule has 2 aliphatic heterocycles. The lowest BCUT2D eigenvalue weighted by atomic mass is 10.1. The van der Waals surface area contributed by atoms with Gasteiger partial charge in [0.05, 0.1) is 0 Å². The van der Waals surface area contributed by atoms with Gasteiger partial charge in [0.2, 0.25) is 5.91 Å². The zero-order valence-electron chi connectivity index (χ0n) is 10.7. The molecular weight excluding hydrogens is 226 g/mol. The van der Waals surface area contributed by atoms with E-state index in [9.17, 15) is 4.79 Å². The summed E-state index contributed by atoms with van der Waals surface area (Å²) in [4.78, 5) is 18.1. The molecule has 2 aliphatic rings. The number of aromatic nitrogens is 1.